The van der Waals surface area contributed by atoms with Crippen LogP contribution < -0.4 is 0 Å². The first-order chi connectivity index (χ1) is 12.5. The Morgan fingerprint density at radius 1 is 1.00 bits per heavy atom. The summed E-state index contributed by atoms with van der Waals surface area (Å²) in [6.45, 7) is 9.90. The molecule has 2 aromatic carbocycles. The number of carbonyl (C=O) groups is 1. The predicted octanol–water partition coefficient (Wildman–Crippen LogP) is 5.09. The van der Waals surface area contributed by atoms with E-state index in [1.807, 2.05) is 81.4 Å². The summed E-state index contributed by atoms with van der Waals surface area (Å²) in [5.74, 6) is -0.413. The highest BCUT2D eigenvalue weighted by Gasteiger charge is 2.27. The zero-order valence-electron chi connectivity index (χ0n) is 15.6. The molecule has 1 heterocycles. The van der Waals surface area contributed by atoms with Crippen molar-refractivity contribution in [1.82, 2.24) is 9.78 Å². The van der Waals surface area contributed by atoms with Crippen molar-refractivity contribution >= 4 is 5.91 Å². The Labute approximate surface area is 155 Å². The Morgan fingerprint density at radius 3 is 1.96 bits per heavy atom. The molecule has 0 aliphatic rings. The van der Waals surface area contributed by atoms with Crippen molar-refractivity contribution in [3.8, 4) is 0 Å². The Kier molecular flexibility index (Phi) is 5.17. The predicted molar refractivity (Wildman–Crippen MR) is 106 cm³/mol. The zero-order chi connectivity index (χ0) is 18.7. The molecule has 0 atom stereocenters. The molecule has 26 heavy (non-hydrogen) atoms. The van der Waals surface area contributed by atoms with Crippen LogP contribution in [0.2, 0.25) is 0 Å². The quantitative estimate of drug-likeness (QED) is 0.604. The summed E-state index contributed by atoms with van der Waals surface area (Å²) in [7, 11) is 0. The molecule has 0 saturated heterocycles. The molecule has 0 aliphatic carbocycles. The van der Waals surface area contributed by atoms with Crippen LogP contribution in [0.1, 0.15) is 45.7 Å². The number of allylic oxidation sites excluding steroid dienone is 1. The molecule has 0 N–H and O–H groups in total. The summed E-state index contributed by atoms with van der Waals surface area (Å²) in [5.41, 5.74) is 5.87. The topological polar surface area (TPSA) is 34.9 Å². The number of rotatable bonds is 5. The lowest BCUT2D eigenvalue weighted by Gasteiger charge is -2.17. The number of nitrogens with zero attached hydrogens (tertiary/aromatic N) is 2. The molecule has 0 radical (unpaired) electrons. The van der Waals surface area contributed by atoms with Crippen LogP contribution in [0.5, 0.6) is 0 Å². The fourth-order valence-corrected chi connectivity index (χ4v) is 3.34. The monoisotopic (exact) mass is 344 g/mol. The lowest BCUT2D eigenvalue weighted by molar-refractivity contribution is 0.0874. The largest absolute Gasteiger partial charge is 0.271 e. The molecular formula is C23H24N2O. The SMILES string of the molecule is C=C(C)Cc1c(C)nn(C(=O)C(c2ccccc2)c2ccccc2)c1C. The van der Waals surface area contributed by atoms with E-state index in [2.05, 4.69) is 11.7 Å². The van der Waals surface area contributed by atoms with E-state index in [0.29, 0.717) is 0 Å². The standard InChI is InChI=1S/C23H24N2O/c1-16(2)15-21-17(3)24-25(18(21)4)23(26)22(19-11-7-5-8-12-19)20-13-9-6-10-14-20/h5-14,22H,1,15H2,2-4H3. The highest BCUT2D eigenvalue weighted by atomic mass is 16.2. The fourth-order valence-electron chi connectivity index (χ4n) is 3.34. The van der Waals surface area contributed by atoms with Gasteiger partial charge in [0.2, 0.25) is 0 Å². The molecule has 0 aliphatic heterocycles. The van der Waals surface area contributed by atoms with Gasteiger partial charge < -0.3 is 0 Å². The number of benzene rings is 2. The number of carbonyl (C=O) groups excluding carboxylic acids is 1. The molecule has 0 bridgehead atoms. The van der Waals surface area contributed by atoms with Crippen molar-refractivity contribution < 1.29 is 4.79 Å². The summed E-state index contributed by atoms with van der Waals surface area (Å²) >= 11 is 0. The number of hydrogen-bond donors (Lipinski definition) is 0. The van der Waals surface area contributed by atoms with E-state index >= 15 is 0 Å². The van der Waals surface area contributed by atoms with Crippen molar-refractivity contribution in [1.29, 1.82) is 0 Å². The van der Waals surface area contributed by atoms with Gasteiger partial charge in [-0.15, -0.1) is 0 Å². The lowest BCUT2D eigenvalue weighted by atomic mass is 9.90. The molecule has 3 nitrogen and oxygen atoms in total. The minimum absolute atomic E-state index is 0.0315. The molecule has 1 aromatic heterocycles. The highest BCUT2D eigenvalue weighted by molar-refractivity contribution is 5.89. The summed E-state index contributed by atoms with van der Waals surface area (Å²) in [6.07, 6.45) is 0.742. The molecule has 0 amide bonds. The van der Waals surface area contributed by atoms with E-state index in [9.17, 15) is 4.79 Å². The van der Waals surface area contributed by atoms with E-state index < -0.39 is 0 Å². The second kappa shape index (κ2) is 7.52. The van der Waals surface area contributed by atoms with Crippen molar-refractivity contribution in [2.45, 2.75) is 33.1 Å². The van der Waals surface area contributed by atoms with Gasteiger partial charge in [0.25, 0.3) is 5.91 Å². The second-order valence-electron chi connectivity index (χ2n) is 6.79. The Bertz CT molecular complexity index is 884. The summed E-state index contributed by atoms with van der Waals surface area (Å²) in [4.78, 5) is 13.5. The van der Waals surface area contributed by atoms with Gasteiger partial charge in [0.15, 0.2) is 0 Å². The number of hydrogen-bond acceptors (Lipinski definition) is 2. The number of aryl methyl sites for hydroxylation is 1. The van der Waals surface area contributed by atoms with E-state index in [4.69, 9.17) is 0 Å². The van der Waals surface area contributed by atoms with Crippen LogP contribution in [0, 0.1) is 13.8 Å². The van der Waals surface area contributed by atoms with Crippen LogP contribution in [0.15, 0.2) is 72.8 Å². The van der Waals surface area contributed by atoms with Crippen LogP contribution in [0.4, 0.5) is 0 Å². The maximum Gasteiger partial charge on any atom is 0.259 e. The molecule has 3 aromatic rings. The first kappa shape index (κ1) is 17.9. The van der Waals surface area contributed by atoms with Gasteiger partial charge in [0.1, 0.15) is 0 Å². The first-order valence-corrected chi connectivity index (χ1v) is 8.82. The van der Waals surface area contributed by atoms with Crippen LogP contribution in [0.3, 0.4) is 0 Å². The molecule has 0 fully saturated rings. The third-order valence-corrected chi connectivity index (χ3v) is 4.64. The third-order valence-electron chi connectivity index (χ3n) is 4.64. The zero-order valence-corrected chi connectivity index (χ0v) is 15.6. The Balaban J connectivity index is 2.09. The fraction of sp³-hybridized carbons (Fsp3) is 0.217. The van der Waals surface area contributed by atoms with Crippen LogP contribution in [-0.4, -0.2) is 15.7 Å². The Morgan fingerprint density at radius 2 is 1.50 bits per heavy atom. The van der Waals surface area contributed by atoms with Gasteiger partial charge in [0.05, 0.1) is 11.6 Å². The van der Waals surface area contributed by atoms with Gasteiger partial charge in [-0.1, -0.05) is 72.8 Å². The molecule has 0 spiro atoms. The molecule has 132 valence electrons. The maximum absolute atomic E-state index is 13.5. The van der Waals surface area contributed by atoms with Gasteiger partial charge >= 0.3 is 0 Å². The summed E-state index contributed by atoms with van der Waals surface area (Å²) in [5, 5.41) is 4.56. The average Bonchev–Trinajstić information content (AvgIpc) is 2.91. The van der Waals surface area contributed by atoms with Gasteiger partial charge in [-0.25, -0.2) is 4.68 Å². The third kappa shape index (κ3) is 3.52. The highest BCUT2D eigenvalue weighted by Crippen LogP contribution is 2.28. The van der Waals surface area contributed by atoms with Gasteiger partial charge in [-0.2, -0.15) is 5.10 Å². The average molecular weight is 344 g/mol. The van der Waals surface area contributed by atoms with Gasteiger partial charge in [0, 0.05) is 11.3 Å². The summed E-state index contributed by atoms with van der Waals surface area (Å²) < 4.78 is 1.57. The molecular weight excluding hydrogens is 320 g/mol. The van der Waals surface area contributed by atoms with Crippen molar-refractivity contribution in [2.75, 3.05) is 0 Å². The second-order valence-corrected chi connectivity index (χ2v) is 6.79. The molecule has 0 unspecified atom stereocenters. The minimum atomic E-state index is -0.381. The Hall–Kier alpha value is -2.94. The smallest absolute Gasteiger partial charge is 0.259 e. The van der Waals surface area contributed by atoms with Crippen LogP contribution >= 0.6 is 0 Å². The lowest BCUT2D eigenvalue weighted by Crippen LogP contribution is -2.23. The van der Waals surface area contributed by atoms with E-state index in [1.54, 1.807) is 4.68 Å². The van der Waals surface area contributed by atoms with Crippen molar-refractivity contribution in [3.05, 3.63) is 101 Å². The van der Waals surface area contributed by atoms with Gasteiger partial charge in [-0.3, -0.25) is 4.79 Å². The van der Waals surface area contributed by atoms with Crippen LogP contribution in [-0.2, 0) is 6.42 Å². The summed E-state index contributed by atoms with van der Waals surface area (Å²) in [6, 6.07) is 19.8. The van der Waals surface area contributed by atoms with Crippen molar-refractivity contribution in [2.24, 2.45) is 0 Å². The van der Waals surface area contributed by atoms with Gasteiger partial charge in [-0.05, 0) is 38.3 Å². The van der Waals surface area contributed by atoms with Crippen LogP contribution in [0.25, 0.3) is 0 Å². The molecule has 3 rings (SSSR count). The van der Waals surface area contributed by atoms with E-state index in [0.717, 1.165) is 40.1 Å². The first-order valence-electron chi connectivity index (χ1n) is 8.82. The van der Waals surface area contributed by atoms with E-state index in [1.165, 1.54) is 0 Å². The van der Waals surface area contributed by atoms with Crippen molar-refractivity contribution in [3.63, 3.8) is 0 Å². The maximum atomic E-state index is 13.5. The van der Waals surface area contributed by atoms with E-state index in [-0.39, 0.29) is 11.8 Å². The molecule has 0 saturated carbocycles. The number of aromatic nitrogens is 2. The molecule has 3 heteroatoms. The normalized spacial score (nSPS) is 10.9. The minimum Gasteiger partial charge on any atom is -0.271 e.